The van der Waals surface area contributed by atoms with E-state index < -0.39 is 12.2 Å². The highest BCUT2D eigenvalue weighted by Crippen LogP contribution is 2.09. The Morgan fingerprint density at radius 1 is 1.07 bits per heavy atom. The minimum Gasteiger partial charge on any atom is -0.392 e. The van der Waals surface area contributed by atoms with Gasteiger partial charge in [0.15, 0.2) is 0 Å². The first-order valence-electron chi connectivity index (χ1n) is 5.03. The van der Waals surface area contributed by atoms with Gasteiger partial charge in [0.1, 0.15) is 0 Å². The molecule has 0 amide bonds. The van der Waals surface area contributed by atoms with Crippen molar-refractivity contribution in [2.45, 2.75) is 31.6 Å². The van der Waals surface area contributed by atoms with Gasteiger partial charge in [0.25, 0.3) is 0 Å². The maximum atomic E-state index is 9.87. The molecule has 0 fully saturated rings. The van der Waals surface area contributed by atoms with Crippen molar-refractivity contribution in [2.75, 3.05) is 34.7 Å². The molecule has 0 saturated heterocycles. The van der Waals surface area contributed by atoms with Crippen molar-refractivity contribution < 1.29 is 10.2 Å². The number of nitrogens with zero attached hydrogens (tertiary/aromatic N) is 2. The van der Waals surface area contributed by atoms with E-state index in [9.17, 15) is 10.2 Å². The quantitative estimate of drug-likeness (QED) is 0.618. The molecule has 0 heterocycles. The first-order valence-corrected chi connectivity index (χ1v) is 5.03. The monoisotopic (exact) mass is 204 g/mol. The van der Waals surface area contributed by atoms with Gasteiger partial charge < -0.3 is 20.0 Å². The van der Waals surface area contributed by atoms with Crippen molar-refractivity contribution in [3.8, 4) is 0 Å². The zero-order chi connectivity index (χ0) is 11.3. The summed E-state index contributed by atoms with van der Waals surface area (Å²) in [7, 11) is 7.69. The summed E-state index contributed by atoms with van der Waals surface area (Å²) in [6.07, 6.45) is -0.310. The second kappa shape index (κ2) is 6.35. The number of aliphatic hydroxyl groups excluding tert-OH is 2. The average Bonchev–Trinajstić information content (AvgIpc) is 1.99. The fourth-order valence-electron chi connectivity index (χ4n) is 1.66. The lowest BCUT2D eigenvalue weighted by Gasteiger charge is -2.31. The maximum Gasteiger partial charge on any atom is 0.0732 e. The smallest absolute Gasteiger partial charge is 0.0732 e. The Morgan fingerprint density at radius 3 is 1.86 bits per heavy atom. The highest BCUT2D eigenvalue weighted by Gasteiger charge is 2.25. The third-order valence-electron chi connectivity index (χ3n) is 2.36. The second-order valence-corrected chi connectivity index (χ2v) is 4.35. The van der Waals surface area contributed by atoms with Crippen molar-refractivity contribution in [3.05, 3.63) is 0 Å². The van der Waals surface area contributed by atoms with Crippen molar-refractivity contribution in [1.82, 2.24) is 9.80 Å². The number of likely N-dealkylation sites (N-methyl/N-ethyl adjacent to an activating group) is 1. The van der Waals surface area contributed by atoms with E-state index in [1.165, 1.54) is 0 Å². The van der Waals surface area contributed by atoms with E-state index in [1.807, 2.05) is 38.0 Å². The first kappa shape index (κ1) is 13.8. The van der Waals surface area contributed by atoms with Gasteiger partial charge in [-0.1, -0.05) is 0 Å². The van der Waals surface area contributed by atoms with Crippen LogP contribution >= 0.6 is 0 Å². The van der Waals surface area contributed by atoms with Gasteiger partial charge in [-0.3, -0.25) is 0 Å². The fourth-order valence-corrected chi connectivity index (χ4v) is 1.66. The average molecular weight is 204 g/mol. The molecule has 2 N–H and O–H groups in total. The van der Waals surface area contributed by atoms with E-state index in [0.29, 0.717) is 6.42 Å². The third kappa shape index (κ3) is 4.91. The van der Waals surface area contributed by atoms with E-state index in [2.05, 4.69) is 0 Å². The molecular formula is C10H24N2O2. The van der Waals surface area contributed by atoms with E-state index >= 15 is 0 Å². The standard InChI is InChI=1S/C10H24N2O2/c1-8(13)10(12(4)5)9(14)6-7-11(2)3/h8-10,13-14H,6-7H2,1-5H3. The normalized spacial score (nSPS) is 18.6. The number of hydrogen-bond acceptors (Lipinski definition) is 4. The maximum absolute atomic E-state index is 9.87. The van der Waals surface area contributed by atoms with E-state index in [-0.39, 0.29) is 6.04 Å². The van der Waals surface area contributed by atoms with Crippen molar-refractivity contribution in [1.29, 1.82) is 0 Å². The molecular weight excluding hydrogens is 180 g/mol. The number of aliphatic hydroxyl groups is 2. The molecule has 0 rings (SSSR count). The van der Waals surface area contributed by atoms with Gasteiger partial charge >= 0.3 is 0 Å². The zero-order valence-electron chi connectivity index (χ0n) is 9.94. The molecule has 0 saturated carbocycles. The predicted molar refractivity (Wildman–Crippen MR) is 58.3 cm³/mol. The summed E-state index contributed by atoms with van der Waals surface area (Å²) >= 11 is 0. The Balaban J connectivity index is 4.09. The van der Waals surface area contributed by atoms with Gasteiger partial charge in [-0.05, 0) is 41.5 Å². The van der Waals surface area contributed by atoms with Crippen molar-refractivity contribution >= 4 is 0 Å². The minimum absolute atomic E-state index is 0.185. The fraction of sp³-hybridized carbons (Fsp3) is 1.00. The summed E-state index contributed by atoms with van der Waals surface area (Å²) in [6.45, 7) is 2.54. The van der Waals surface area contributed by atoms with Crippen LogP contribution in [-0.2, 0) is 0 Å². The van der Waals surface area contributed by atoms with E-state index in [4.69, 9.17) is 0 Å². The van der Waals surface area contributed by atoms with Crippen molar-refractivity contribution in [3.63, 3.8) is 0 Å². The van der Waals surface area contributed by atoms with Gasteiger partial charge in [0, 0.05) is 6.54 Å². The molecule has 0 radical (unpaired) electrons. The summed E-state index contributed by atoms with van der Waals surface area (Å²) in [5, 5.41) is 19.4. The molecule has 0 aliphatic rings. The molecule has 3 atom stereocenters. The van der Waals surface area contributed by atoms with Gasteiger partial charge in [0.05, 0.1) is 18.2 Å². The molecule has 0 aromatic heterocycles. The summed E-state index contributed by atoms with van der Waals surface area (Å²) in [6, 6.07) is -0.185. The first-order chi connectivity index (χ1) is 6.36. The molecule has 0 aromatic rings. The SMILES string of the molecule is CC(O)C(C(O)CCN(C)C)N(C)C. The molecule has 14 heavy (non-hydrogen) atoms. The van der Waals surface area contributed by atoms with Gasteiger partial charge in [0.2, 0.25) is 0 Å². The molecule has 0 aliphatic carbocycles. The molecule has 3 unspecified atom stereocenters. The topological polar surface area (TPSA) is 46.9 Å². The Morgan fingerprint density at radius 2 is 1.57 bits per heavy atom. The summed E-state index contributed by atoms with van der Waals surface area (Å²) < 4.78 is 0. The van der Waals surface area contributed by atoms with Crippen LogP contribution in [0.1, 0.15) is 13.3 Å². The Kier molecular flexibility index (Phi) is 6.27. The van der Waals surface area contributed by atoms with Gasteiger partial charge in [-0.15, -0.1) is 0 Å². The van der Waals surface area contributed by atoms with Crippen LogP contribution in [0, 0.1) is 0 Å². The largest absolute Gasteiger partial charge is 0.392 e. The highest BCUT2D eigenvalue weighted by molar-refractivity contribution is 4.80. The Hall–Kier alpha value is -0.160. The van der Waals surface area contributed by atoms with Gasteiger partial charge in [-0.2, -0.15) is 0 Å². The molecule has 4 heteroatoms. The summed E-state index contributed by atoms with van der Waals surface area (Å²) in [5.74, 6) is 0. The van der Waals surface area contributed by atoms with Crippen LogP contribution in [0.25, 0.3) is 0 Å². The van der Waals surface area contributed by atoms with E-state index in [0.717, 1.165) is 6.54 Å². The third-order valence-corrected chi connectivity index (χ3v) is 2.36. The van der Waals surface area contributed by atoms with Crippen LogP contribution in [0.3, 0.4) is 0 Å². The minimum atomic E-state index is -0.512. The Bertz CT molecular complexity index is 141. The van der Waals surface area contributed by atoms with E-state index in [1.54, 1.807) is 6.92 Å². The predicted octanol–water partition coefficient (Wildman–Crippen LogP) is -0.390. The van der Waals surface area contributed by atoms with Crippen LogP contribution in [0.15, 0.2) is 0 Å². The molecule has 0 aromatic carbocycles. The van der Waals surface area contributed by atoms with Crippen LogP contribution in [0.2, 0.25) is 0 Å². The van der Waals surface area contributed by atoms with Crippen LogP contribution in [-0.4, -0.2) is 73.0 Å². The molecule has 0 spiro atoms. The molecule has 4 nitrogen and oxygen atoms in total. The molecule has 0 bridgehead atoms. The Labute approximate surface area is 87.1 Å². The summed E-state index contributed by atoms with van der Waals surface area (Å²) in [4.78, 5) is 3.89. The number of rotatable bonds is 6. The lowest BCUT2D eigenvalue weighted by molar-refractivity contribution is -0.00666. The van der Waals surface area contributed by atoms with Crippen LogP contribution in [0.4, 0.5) is 0 Å². The van der Waals surface area contributed by atoms with Crippen LogP contribution in [0.5, 0.6) is 0 Å². The zero-order valence-corrected chi connectivity index (χ0v) is 9.94. The van der Waals surface area contributed by atoms with Crippen LogP contribution < -0.4 is 0 Å². The lowest BCUT2D eigenvalue weighted by atomic mass is 10.0. The lowest BCUT2D eigenvalue weighted by Crippen LogP contribution is -2.47. The molecule has 86 valence electrons. The van der Waals surface area contributed by atoms with Gasteiger partial charge in [-0.25, -0.2) is 0 Å². The summed E-state index contributed by atoms with van der Waals surface area (Å²) in [5.41, 5.74) is 0. The number of hydrogen-bond donors (Lipinski definition) is 2. The second-order valence-electron chi connectivity index (χ2n) is 4.35. The van der Waals surface area contributed by atoms with Crippen molar-refractivity contribution in [2.24, 2.45) is 0 Å². The highest BCUT2D eigenvalue weighted by atomic mass is 16.3. The molecule has 0 aliphatic heterocycles.